The normalized spacial score (nSPS) is 12.4. The van der Waals surface area contributed by atoms with Gasteiger partial charge < -0.3 is 5.73 Å². The molecule has 1 aromatic heterocycles. The molecule has 0 aliphatic heterocycles. The standard InChI is InChI=1S/C12H9F3N2OS/c13-8-1-7(4-17-5-8)6-19(18)12-10(14)2-9(16)3-11(12)15/h1-5H,6,16H2. The van der Waals surface area contributed by atoms with Crippen molar-refractivity contribution in [1.29, 1.82) is 0 Å². The van der Waals surface area contributed by atoms with Crippen LogP contribution >= 0.6 is 0 Å². The van der Waals surface area contributed by atoms with Crippen LogP contribution in [0, 0.1) is 17.5 Å². The molecule has 100 valence electrons. The third-order valence-electron chi connectivity index (χ3n) is 2.31. The van der Waals surface area contributed by atoms with E-state index in [4.69, 9.17) is 5.73 Å². The first-order chi connectivity index (χ1) is 8.97. The van der Waals surface area contributed by atoms with E-state index in [1.165, 1.54) is 6.20 Å². The van der Waals surface area contributed by atoms with E-state index in [2.05, 4.69) is 4.98 Å². The maximum absolute atomic E-state index is 13.5. The average Bonchev–Trinajstić information content (AvgIpc) is 2.27. The quantitative estimate of drug-likeness (QED) is 0.881. The topological polar surface area (TPSA) is 56.0 Å². The van der Waals surface area contributed by atoms with Crippen molar-refractivity contribution in [3.05, 3.63) is 53.6 Å². The fraction of sp³-hybridized carbons (Fsp3) is 0.0833. The molecular formula is C12H9F3N2OS. The summed E-state index contributed by atoms with van der Waals surface area (Å²) in [7, 11) is -1.99. The highest BCUT2D eigenvalue weighted by molar-refractivity contribution is 7.84. The van der Waals surface area contributed by atoms with E-state index in [9.17, 15) is 17.4 Å². The Morgan fingerprint density at radius 2 is 1.74 bits per heavy atom. The van der Waals surface area contributed by atoms with Crippen molar-refractivity contribution in [3.8, 4) is 0 Å². The van der Waals surface area contributed by atoms with Gasteiger partial charge in [0.15, 0.2) is 0 Å². The number of hydrogen-bond donors (Lipinski definition) is 1. The van der Waals surface area contributed by atoms with Crippen LogP contribution in [0.1, 0.15) is 5.56 Å². The van der Waals surface area contributed by atoms with Crippen molar-refractivity contribution in [2.75, 3.05) is 5.73 Å². The molecule has 0 amide bonds. The van der Waals surface area contributed by atoms with E-state index < -0.39 is 33.1 Å². The highest BCUT2D eigenvalue weighted by Crippen LogP contribution is 2.22. The Morgan fingerprint density at radius 3 is 2.32 bits per heavy atom. The maximum Gasteiger partial charge on any atom is 0.144 e. The summed E-state index contributed by atoms with van der Waals surface area (Å²) in [6.07, 6.45) is 2.27. The van der Waals surface area contributed by atoms with Crippen molar-refractivity contribution in [2.45, 2.75) is 10.6 Å². The molecule has 2 N–H and O–H groups in total. The molecule has 0 saturated heterocycles. The van der Waals surface area contributed by atoms with Crippen LogP contribution in [0.5, 0.6) is 0 Å². The fourth-order valence-corrected chi connectivity index (χ4v) is 2.71. The Balaban J connectivity index is 2.31. The first-order valence-electron chi connectivity index (χ1n) is 5.19. The van der Waals surface area contributed by atoms with E-state index in [0.29, 0.717) is 0 Å². The van der Waals surface area contributed by atoms with Gasteiger partial charge in [0, 0.05) is 11.9 Å². The molecule has 19 heavy (non-hydrogen) atoms. The predicted octanol–water partition coefficient (Wildman–Crippen LogP) is 2.39. The summed E-state index contributed by atoms with van der Waals surface area (Å²) in [6, 6.07) is 2.89. The SMILES string of the molecule is Nc1cc(F)c(S(=O)Cc2cncc(F)c2)c(F)c1. The summed E-state index contributed by atoms with van der Waals surface area (Å²) in [5.74, 6) is -2.81. The molecule has 0 aliphatic carbocycles. The lowest BCUT2D eigenvalue weighted by atomic mass is 10.3. The van der Waals surface area contributed by atoms with Crippen LogP contribution in [0.15, 0.2) is 35.5 Å². The van der Waals surface area contributed by atoms with Gasteiger partial charge in [-0.05, 0) is 23.8 Å². The molecule has 2 rings (SSSR count). The van der Waals surface area contributed by atoms with Gasteiger partial charge in [-0.15, -0.1) is 0 Å². The summed E-state index contributed by atoms with van der Waals surface area (Å²) in [5.41, 5.74) is 5.45. The van der Waals surface area contributed by atoms with Crippen LogP contribution in [0.3, 0.4) is 0 Å². The second kappa shape index (κ2) is 5.40. The van der Waals surface area contributed by atoms with Crippen molar-refractivity contribution in [2.24, 2.45) is 0 Å². The van der Waals surface area contributed by atoms with Crippen molar-refractivity contribution in [1.82, 2.24) is 4.98 Å². The molecule has 1 unspecified atom stereocenters. The number of halogens is 3. The largest absolute Gasteiger partial charge is 0.399 e. The molecule has 3 nitrogen and oxygen atoms in total. The zero-order chi connectivity index (χ0) is 14.0. The number of nitrogen functional groups attached to an aromatic ring is 1. The van der Waals surface area contributed by atoms with Crippen LogP contribution in [0.2, 0.25) is 0 Å². The first-order valence-corrected chi connectivity index (χ1v) is 6.51. The summed E-state index contributed by atoms with van der Waals surface area (Å²) in [6.45, 7) is 0. The van der Waals surface area contributed by atoms with Crippen LogP contribution in [-0.4, -0.2) is 9.19 Å². The van der Waals surface area contributed by atoms with Crippen molar-refractivity contribution < 1.29 is 17.4 Å². The minimum absolute atomic E-state index is 0.0943. The number of pyridine rings is 1. The summed E-state index contributed by atoms with van der Waals surface area (Å²) in [4.78, 5) is 3.00. The third-order valence-corrected chi connectivity index (χ3v) is 3.75. The smallest absolute Gasteiger partial charge is 0.144 e. The average molecular weight is 286 g/mol. The Labute approximate surface area is 109 Å². The van der Waals surface area contributed by atoms with Gasteiger partial charge >= 0.3 is 0 Å². The van der Waals surface area contributed by atoms with Crippen LogP contribution < -0.4 is 5.73 Å². The van der Waals surface area contributed by atoms with Gasteiger partial charge in [0.25, 0.3) is 0 Å². The Morgan fingerprint density at radius 1 is 1.11 bits per heavy atom. The van der Waals surface area contributed by atoms with Crippen molar-refractivity contribution in [3.63, 3.8) is 0 Å². The van der Waals surface area contributed by atoms with Crippen LogP contribution in [-0.2, 0) is 16.6 Å². The predicted molar refractivity (Wildman–Crippen MR) is 65.1 cm³/mol. The van der Waals surface area contributed by atoms with Gasteiger partial charge in [-0.3, -0.25) is 9.19 Å². The van der Waals surface area contributed by atoms with E-state index in [1.54, 1.807) is 0 Å². The van der Waals surface area contributed by atoms with Crippen LogP contribution in [0.4, 0.5) is 18.9 Å². The Kier molecular flexibility index (Phi) is 3.84. The monoisotopic (exact) mass is 286 g/mol. The van der Waals surface area contributed by atoms with Crippen LogP contribution in [0.25, 0.3) is 0 Å². The summed E-state index contributed by atoms with van der Waals surface area (Å²) < 4.78 is 51.9. The van der Waals surface area contributed by atoms with Gasteiger partial charge in [0.2, 0.25) is 0 Å². The zero-order valence-electron chi connectivity index (χ0n) is 9.57. The molecule has 0 aliphatic rings. The van der Waals surface area contributed by atoms with Crippen molar-refractivity contribution >= 4 is 16.5 Å². The Hall–Kier alpha value is -1.89. The number of benzene rings is 1. The fourth-order valence-electron chi connectivity index (χ4n) is 1.56. The first kappa shape index (κ1) is 13.5. The highest BCUT2D eigenvalue weighted by Gasteiger charge is 2.17. The summed E-state index contributed by atoms with van der Waals surface area (Å²) >= 11 is 0. The molecule has 0 spiro atoms. The van der Waals surface area contributed by atoms with E-state index in [1.807, 2.05) is 0 Å². The zero-order valence-corrected chi connectivity index (χ0v) is 10.4. The number of anilines is 1. The van der Waals surface area contributed by atoms with Gasteiger partial charge in [0.05, 0.1) is 22.7 Å². The van der Waals surface area contributed by atoms with E-state index >= 15 is 0 Å². The van der Waals surface area contributed by atoms with Gasteiger partial charge in [0.1, 0.15) is 22.3 Å². The third kappa shape index (κ3) is 3.11. The molecule has 0 radical (unpaired) electrons. The molecule has 1 aromatic carbocycles. The number of hydrogen-bond acceptors (Lipinski definition) is 3. The lowest BCUT2D eigenvalue weighted by Gasteiger charge is -2.06. The molecule has 0 saturated carbocycles. The molecule has 0 bridgehead atoms. The number of aromatic nitrogens is 1. The lowest BCUT2D eigenvalue weighted by Crippen LogP contribution is -2.04. The maximum atomic E-state index is 13.5. The molecule has 7 heteroatoms. The minimum Gasteiger partial charge on any atom is -0.399 e. The molecule has 1 atom stereocenters. The summed E-state index contributed by atoms with van der Waals surface area (Å²) in [5, 5.41) is 0. The lowest BCUT2D eigenvalue weighted by molar-refractivity contribution is 0.535. The van der Waals surface area contributed by atoms with Gasteiger partial charge in [-0.2, -0.15) is 0 Å². The molecule has 0 fully saturated rings. The number of nitrogens with zero attached hydrogens (tertiary/aromatic N) is 1. The molecular weight excluding hydrogens is 277 g/mol. The molecule has 2 aromatic rings. The second-order valence-corrected chi connectivity index (χ2v) is 5.20. The number of nitrogens with two attached hydrogens (primary N) is 1. The number of rotatable bonds is 3. The minimum atomic E-state index is -1.99. The van der Waals surface area contributed by atoms with E-state index in [-0.39, 0.29) is 17.0 Å². The van der Waals surface area contributed by atoms with E-state index in [0.717, 1.165) is 24.4 Å². The van der Waals surface area contributed by atoms with Gasteiger partial charge in [-0.1, -0.05) is 0 Å². The highest BCUT2D eigenvalue weighted by atomic mass is 32.2. The van der Waals surface area contributed by atoms with Gasteiger partial charge in [-0.25, -0.2) is 13.2 Å². The molecule has 1 heterocycles. The second-order valence-electron chi connectivity index (χ2n) is 3.81. The Bertz CT molecular complexity index is 626.